The summed E-state index contributed by atoms with van der Waals surface area (Å²) in [6.07, 6.45) is 0.861. The molecule has 1 amide bonds. The highest BCUT2D eigenvalue weighted by atomic mass is 16.5. The summed E-state index contributed by atoms with van der Waals surface area (Å²) in [5.41, 5.74) is 0.794. The maximum atomic E-state index is 11.6. The fourth-order valence-electron chi connectivity index (χ4n) is 1.55. The van der Waals surface area contributed by atoms with Crippen LogP contribution in [-0.2, 0) is 11.3 Å². The van der Waals surface area contributed by atoms with Gasteiger partial charge in [0.15, 0.2) is 0 Å². The number of benzene rings is 1. The summed E-state index contributed by atoms with van der Waals surface area (Å²) in [6, 6.07) is 11.4. The summed E-state index contributed by atoms with van der Waals surface area (Å²) in [6.45, 7) is 0.0158. The first-order chi connectivity index (χ1) is 9.66. The fraction of sp³-hybridized carbons (Fsp3) is 0.0714. The molecule has 2 rings (SSSR count). The van der Waals surface area contributed by atoms with E-state index in [0.717, 1.165) is 0 Å². The molecule has 0 unspecified atom stereocenters. The number of anilines is 1. The molecule has 6 heteroatoms. The topological polar surface area (TPSA) is 88.5 Å². The molecule has 20 heavy (non-hydrogen) atoms. The third-order valence-electron chi connectivity index (χ3n) is 2.47. The highest BCUT2D eigenvalue weighted by molar-refractivity contribution is 5.98. The lowest BCUT2D eigenvalue weighted by Gasteiger charge is -2.08. The predicted octanol–water partition coefficient (Wildman–Crippen LogP) is 2.53. The van der Waals surface area contributed by atoms with Crippen LogP contribution in [0.25, 0.3) is 0 Å². The van der Waals surface area contributed by atoms with Crippen molar-refractivity contribution in [2.45, 2.75) is 6.61 Å². The Labute approximate surface area is 115 Å². The zero-order valence-electron chi connectivity index (χ0n) is 10.4. The Bertz CT molecular complexity index is 614. The molecule has 0 aliphatic heterocycles. The second-order valence-electron chi connectivity index (χ2n) is 3.87. The molecule has 0 bridgehead atoms. The maximum Gasteiger partial charge on any atom is 0.412 e. The molecule has 6 nitrogen and oxygen atoms in total. The number of amides is 1. The van der Waals surface area contributed by atoms with E-state index in [1.165, 1.54) is 12.1 Å². The molecule has 0 aliphatic carbocycles. The van der Waals surface area contributed by atoms with E-state index in [1.54, 1.807) is 36.5 Å². The first-order valence-electron chi connectivity index (χ1n) is 5.83. The second-order valence-corrected chi connectivity index (χ2v) is 3.87. The van der Waals surface area contributed by atoms with E-state index in [2.05, 4.69) is 10.3 Å². The van der Waals surface area contributed by atoms with Gasteiger partial charge in [-0.2, -0.15) is 0 Å². The van der Waals surface area contributed by atoms with Crippen LogP contribution < -0.4 is 5.32 Å². The number of nitrogens with zero attached hydrogens (tertiary/aromatic N) is 1. The Morgan fingerprint density at radius 3 is 2.60 bits per heavy atom. The highest BCUT2D eigenvalue weighted by Gasteiger charge is 2.12. The van der Waals surface area contributed by atoms with E-state index in [-0.39, 0.29) is 17.9 Å². The number of nitrogens with one attached hydrogen (secondary N) is 1. The molecule has 0 radical (unpaired) electrons. The van der Waals surface area contributed by atoms with Gasteiger partial charge in [-0.3, -0.25) is 10.3 Å². The zero-order valence-corrected chi connectivity index (χ0v) is 10.4. The molecule has 0 aliphatic rings. The molecule has 1 aromatic heterocycles. The number of aromatic nitrogens is 1. The van der Waals surface area contributed by atoms with Gasteiger partial charge in [-0.1, -0.05) is 18.2 Å². The normalized spacial score (nSPS) is 9.80. The van der Waals surface area contributed by atoms with E-state index in [9.17, 15) is 9.59 Å². The van der Waals surface area contributed by atoms with Gasteiger partial charge >= 0.3 is 12.1 Å². The van der Waals surface area contributed by atoms with Crippen LogP contribution in [0.2, 0.25) is 0 Å². The van der Waals surface area contributed by atoms with Crippen molar-refractivity contribution in [2.75, 3.05) is 5.32 Å². The van der Waals surface area contributed by atoms with E-state index < -0.39 is 12.1 Å². The number of aromatic carboxylic acids is 1. The third kappa shape index (κ3) is 3.55. The largest absolute Gasteiger partial charge is 0.478 e. The van der Waals surface area contributed by atoms with Gasteiger partial charge in [-0.15, -0.1) is 0 Å². The van der Waals surface area contributed by atoms with Crippen LogP contribution >= 0.6 is 0 Å². The number of pyridine rings is 1. The summed E-state index contributed by atoms with van der Waals surface area (Å²) < 4.78 is 4.96. The minimum absolute atomic E-state index is 0.00212. The monoisotopic (exact) mass is 272 g/mol. The predicted molar refractivity (Wildman–Crippen MR) is 71.4 cm³/mol. The molecular formula is C14H12N2O4. The summed E-state index contributed by atoms with van der Waals surface area (Å²) in [7, 11) is 0. The number of carboxylic acids is 1. The van der Waals surface area contributed by atoms with Crippen molar-refractivity contribution in [3.05, 3.63) is 59.9 Å². The van der Waals surface area contributed by atoms with Gasteiger partial charge in [0.1, 0.15) is 6.61 Å². The molecule has 1 aromatic carbocycles. The average molecular weight is 272 g/mol. The van der Waals surface area contributed by atoms with Crippen LogP contribution in [0.3, 0.4) is 0 Å². The molecule has 2 N–H and O–H groups in total. The highest BCUT2D eigenvalue weighted by Crippen LogP contribution is 2.15. The Balaban J connectivity index is 1.97. The van der Waals surface area contributed by atoms with E-state index in [1.807, 2.05) is 0 Å². The molecule has 0 saturated carbocycles. The lowest BCUT2D eigenvalue weighted by atomic mass is 10.2. The van der Waals surface area contributed by atoms with Gasteiger partial charge in [0.05, 0.1) is 16.9 Å². The number of hydrogen-bond acceptors (Lipinski definition) is 4. The van der Waals surface area contributed by atoms with Crippen molar-refractivity contribution in [1.29, 1.82) is 0 Å². The van der Waals surface area contributed by atoms with Gasteiger partial charge in [0, 0.05) is 6.20 Å². The quantitative estimate of drug-likeness (QED) is 0.892. The SMILES string of the molecule is O=C(Nc1ccccc1C(=O)O)OCc1ccccn1. The van der Waals surface area contributed by atoms with Crippen molar-refractivity contribution in [3.8, 4) is 0 Å². The first-order valence-corrected chi connectivity index (χ1v) is 5.83. The standard InChI is InChI=1S/C14H12N2O4/c17-13(18)11-6-1-2-7-12(11)16-14(19)20-9-10-5-3-4-8-15-10/h1-8H,9H2,(H,16,19)(H,17,18). The Hall–Kier alpha value is -2.89. The van der Waals surface area contributed by atoms with E-state index in [0.29, 0.717) is 5.69 Å². The van der Waals surface area contributed by atoms with Crippen LogP contribution in [-0.4, -0.2) is 22.2 Å². The number of carbonyl (C=O) groups is 2. The van der Waals surface area contributed by atoms with Crippen molar-refractivity contribution in [1.82, 2.24) is 4.98 Å². The van der Waals surface area contributed by atoms with Crippen molar-refractivity contribution >= 4 is 17.7 Å². The number of para-hydroxylation sites is 1. The van der Waals surface area contributed by atoms with Gasteiger partial charge in [-0.05, 0) is 24.3 Å². The van der Waals surface area contributed by atoms with Crippen LogP contribution in [0.15, 0.2) is 48.7 Å². The minimum Gasteiger partial charge on any atom is -0.478 e. The van der Waals surface area contributed by atoms with Gasteiger partial charge in [0.2, 0.25) is 0 Å². The first kappa shape index (κ1) is 13.5. The Kier molecular flexibility index (Phi) is 4.28. The van der Waals surface area contributed by atoms with Crippen molar-refractivity contribution < 1.29 is 19.4 Å². The van der Waals surface area contributed by atoms with Crippen LogP contribution in [0.5, 0.6) is 0 Å². The van der Waals surface area contributed by atoms with Crippen LogP contribution in [0.4, 0.5) is 10.5 Å². The van der Waals surface area contributed by atoms with Gasteiger partial charge < -0.3 is 9.84 Å². The van der Waals surface area contributed by atoms with Gasteiger partial charge in [-0.25, -0.2) is 9.59 Å². The Morgan fingerprint density at radius 2 is 1.90 bits per heavy atom. The molecule has 0 saturated heterocycles. The lowest BCUT2D eigenvalue weighted by molar-refractivity contribution is 0.0698. The fourth-order valence-corrected chi connectivity index (χ4v) is 1.55. The third-order valence-corrected chi connectivity index (χ3v) is 2.47. The second kappa shape index (κ2) is 6.33. The maximum absolute atomic E-state index is 11.6. The minimum atomic E-state index is -1.12. The van der Waals surface area contributed by atoms with Crippen molar-refractivity contribution in [3.63, 3.8) is 0 Å². The number of hydrogen-bond donors (Lipinski definition) is 2. The summed E-state index contributed by atoms with van der Waals surface area (Å²) in [5, 5.41) is 11.4. The summed E-state index contributed by atoms with van der Waals surface area (Å²) in [5.74, 6) is -1.12. The number of carbonyl (C=O) groups excluding carboxylic acids is 1. The molecule has 0 atom stereocenters. The molecule has 0 spiro atoms. The summed E-state index contributed by atoms with van der Waals surface area (Å²) >= 11 is 0. The zero-order chi connectivity index (χ0) is 14.4. The van der Waals surface area contributed by atoms with Crippen LogP contribution in [0.1, 0.15) is 16.1 Å². The lowest BCUT2D eigenvalue weighted by Crippen LogP contribution is -2.16. The molecule has 1 heterocycles. The number of ether oxygens (including phenoxy) is 1. The van der Waals surface area contributed by atoms with Gasteiger partial charge in [0.25, 0.3) is 0 Å². The summed E-state index contributed by atoms with van der Waals surface area (Å²) in [4.78, 5) is 26.6. The molecule has 0 fully saturated rings. The van der Waals surface area contributed by atoms with E-state index in [4.69, 9.17) is 9.84 Å². The van der Waals surface area contributed by atoms with E-state index >= 15 is 0 Å². The number of rotatable bonds is 4. The molecule has 2 aromatic rings. The van der Waals surface area contributed by atoms with Crippen molar-refractivity contribution in [2.24, 2.45) is 0 Å². The Morgan fingerprint density at radius 1 is 1.15 bits per heavy atom. The molecular weight excluding hydrogens is 260 g/mol. The molecule has 102 valence electrons. The van der Waals surface area contributed by atoms with Crippen LogP contribution in [0, 0.1) is 0 Å². The average Bonchev–Trinajstić information content (AvgIpc) is 2.46. The smallest absolute Gasteiger partial charge is 0.412 e. The number of carboxylic acid groups (broad SMARTS) is 1.